The van der Waals surface area contributed by atoms with Gasteiger partial charge in [0.2, 0.25) is 0 Å². The minimum atomic E-state index is -2.27. The normalized spacial score (nSPS) is 18.6. The Labute approximate surface area is 214 Å². The lowest BCUT2D eigenvalue weighted by atomic mass is 9.86. The van der Waals surface area contributed by atoms with Gasteiger partial charge in [-0.3, -0.25) is 9.48 Å². The second-order valence-electron chi connectivity index (χ2n) is 8.46. The van der Waals surface area contributed by atoms with Crippen molar-refractivity contribution in [1.82, 2.24) is 20.4 Å². The topological polar surface area (TPSA) is 187 Å². The molecule has 14 heteroatoms. The van der Waals surface area contributed by atoms with E-state index in [1.807, 2.05) is 13.1 Å². The highest BCUT2D eigenvalue weighted by molar-refractivity contribution is 5.93. The minimum absolute atomic E-state index is 0.119. The van der Waals surface area contributed by atoms with E-state index in [4.69, 9.17) is 24.8 Å². The number of hydrogen-bond acceptors (Lipinski definition) is 8. The van der Waals surface area contributed by atoms with Gasteiger partial charge >= 0.3 is 11.9 Å². The molecule has 2 aromatic heterocycles. The van der Waals surface area contributed by atoms with E-state index in [0.29, 0.717) is 18.5 Å². The van der Waals surface area contributed by atoms with E-state index in [9.17, 15) is 23.2 Å². The largest absolute Gasteiger partial charge is 0.479 e. The number of furan rings is 1. The third-order valence-electron chi connectivity index (χ3n) is 5.92. The summed E-state index contributed by atoms with van der Waals surface area (Å²) in [5.41, 5.74) is 2.26. The van der Waals surface area contributed by atoms with Crippen molar-refractivity contribution in [2.24, 2.45) is 7.05 Å². The first-order valence-corrected chi connectivity index (χ1v) is 11.3. The summed E-state index contributed by atoms with van der Waals surface area (Å²) in [4.78, 5) is 32.2. The Morgan fingerprint density at radius 2 is 1.79 bits per heavy atom. The van der Waals surface area contributed by atoms with Crippen LogP contribution in [0.25, 0.3) is 11.3 Å². The Hall–Kier alpha value is -4.14. The van der Waals surface area contributed by atoms with Gasteiger partial charge in [-0.25, -0.2) is 18.4 Å². The van der Waals surface area contributed by atoms with Gasteiger partial charge in [0.1, 0.15) is 6.26 Å². The molecular weight excluding hydrogens is 510 g/mol. The molecule has 3 aromatic rings. The molecule has 0 radical (unpaired) electrons. The van der Waals surface area contributed by atoms with Crippen LogP contribution in [0.3, 0.4) is 0 Å². The molecule has 6 N–H and O–H groups in total. The van der Waals surface area contributed by atoms with Crippen LogP contribution in [-0.2, 0) is 16.6 Å². The summed E-state index contributed by atoms with van der Waals surface area (Å²) >= 11 is 0. The van der Waals surface area contributed by atoms with Crippen molar-refractivity contribution in [3.05, 3.63) is 65.7 Å². The van der Waals surface area contributed by atoms with E-state index >= 15 is 0 Å². The Bertz CT molecular complexity index is 1280. The number of nitrogens with one attached hydrogen (secondary N) is 2. The number of aromatic nitrogens is 2. The Balaban J connectivity index is 0.000000342. The summed E-state index contributed by atoms with van der Waals surface area (Å²) in [5, 5.41) is 42.8. The predicted octanol–water partition coefficient (Wildman–Crippen LogP) is 0.711. The number of amides is 1. The number of carboxylic acid groups (broad SMARTS) is 2. The maximum atomic E-state index is 13.7. The maximum Gasteiger partial charge on any atom is 0.335 e. The molecule has 1 aliphatic rings. The van der Waals surface area contributed by atoms with Gasteiger partial charge < -0.3 is 35.5 Å². The van der Waals surface area contributed by atoms with Crippen molar-refractivity contribution in [3.8, 4) is 11.3 Å². The maximum absolute atomic E-state index is 13.7. The molecule has 0 bridgehead atoms. The molecule has 1 fully saturated rings. The molecule has 204 valence electrons. The number of rotatable bonds is 7. The number of carboxylic acids is 2. The zero-order valence-corrected chi connectivity index (χ0v) is 20.0. The zero-order valence-electron chi connectivity index (χ0n) is 20.0. The molecule has 0 spiro atoms. The highest BCUT2D eigenvalue weighted by atomic mass is 19.2. The summed E-state index contributed by atoms with van der Waals surface area (Å²) in [6, 6.07) is 7.12. The van der Waals surface area contributed by atoms with Crippen LogP contribution in [0, 0.1) is 11.6 Å². The van der Waals surface area contributed by atoms with Crippen LogP contribution in [0.4, 0.5) is 8.78 Å². The zero-order chi connectivity index (χ0) is 28.0. The second kappa shape index (κ2) is 12.4. The molecule has 3 heterocycles. The fourth-order valence-corrected chi connectivity index (χ4v) is 3.91. The molecule has 4 atom stereocenters. The average Bonchev–Trinajstić information content (AvgIpc) is 3.54. The van der Waals surface area contributed by atoms with Gasteiger partial charge in [0.25, 0.3) is 5.91 Å². The lowest BCUT2D eigenvalue weighted by molar-refractivity contribution is -0.165. The first-order chi connectivity index (χ1) is 18.0. The van der Waals surface area contributed by atoms with Crippen molar-refractivity contribution in [1.29, 1.82) is 0 Å². The SMILES string of the molecule is Cn1nccc1-c1coc(C(=O)NC2CNCCC2c2ccc(F)c(F)c2)c1.O=C(O)[C@H](O)[C@@H](O)C(=O)O. The lowest BCUT2D eigenvalue weighted by Gasteiger charge is -2.33. The van der Waals surface area contributed by atoms with Crippen LogP contribution in [0.1, 0.15) is 28.5 Å². The molecule has 12 nitrogen and oxygen atoms in total. The van der Waals surface area contributed by atoms with Gasteiger partial charge in [0.05, 0.1) is 5.69 Å². The fourth-order valence-electron chi connectivity index (χ4n) is 3.91. The van der Waals surface area contributed by atoms with Crippen molar-refractivity contribution in [2.45, 2.75) is 30.6 Å². The van der Waals surface area contributed by atoms with E-state index in [0.717, 1.165) is 23.9 Å². The number of aliphatic hydroxyl groups is 2. The van der Waals surface area contributed by atoms with Crippen LogP contribution < -0.4 is 10.6 Å². The highest BCUT2D eigenvalue weighted by Crippen LogP contribution is 2.28. The molecule has 2 unspecified atom stereocenters. The summed E-state index contributed by atoms with van der Waals surface area (Å²) in [7, 11) is 1.81. The van der Waals surface area contributed by atoms with Crippen LogP contribution in [0.15, 0.2) is 47.2 Å². The first kappa shape index (κ1) is 28.4. The van der Waals surface area contributed by atoms with Gasteiger partial charge in [-0.2, -0.15) is 5.10 Å². The molecule has 1 aromatic carbocycles. The van der Waals surface area contributed by atoms with Crippen LogP contribution in [0.2, 0.25) is 0 Å². The number of aliphatic hydroxyl groups excluding tert-OH is 2. The van der Waals surface area contributed by atoms with Gasteiger partial charge in [-0.05, 0) is 42.8 Å². The predicted molar refractivity (Wildman–Crippen MR) is 126 cm³/mol. The lowest BCUT2D eigenvalue weighted by Crippen LogP contribution is -2.50. The quantitative estimate of drug-likeness (QED) is 0.251. The second-order valence-corrected chi connectivity index (χ2v) is 8.46. The summed E-state index contributed by atoms with van der Waals surface area (Å²) in [6.45, 7) is 1.27. The molecule has 1 aliphatic heterocycles. The monoisotopic (exact) mass is 536 g/mol. The number of carbonyl (C=O) groups is 3. The van der Waals surface area contributed by atoms with E-state index < -0.39 is 35.8 Å². The van der Waals surface area contributed by atoms with E-state index in [-0.39, 0.29) is 23.6 Å². The standard InChI is InChI=1S/C20H20F2N4O2.C4H6O6/c1-26-18(5-7-24-26)13-9-19(28-11-13)20(27)25-17-10-23-6-4-14(17)12-2-3-15(21)16(22)8-12;5-1(3(7)8)2(6)4(9)10/h2-3,5,7-9,11,14,17,23H,4,6,10H2,1H3,(H,25,27);1-2,5-6H,(H,7,8)(H,9,10)/t;1-,2-/m.1/s1. The van der Waals surface area contributed by atoms with Crippen molar-refractivity contribution in [2.75, 3.05) is 13.1 Å². The Morgan fingerprint density at radius 3 is 2.37 bits per heavy atom. The van der Waals surface area contributed by atoms with Crippen LogP contribution in [0.5, 0.6) is 0 Å². The third kappa shape index (κ3) is 6.79. The smallest absolute Gasteiger partial charge is 0.335 e. The molecule has 38 heavy (non-hydrogen) atoms. The van der Waals surface area contributed by atoms with Crippen LogP contribution in [-0.4, -0.2) is 79.4 Å². The molecule has 1 amide bonds. The average molecular weight is 536 g/mol. The number of hydrogen-bond donors (Lipinski definition) is 6. The van der Waals surface area contributed by atoms with Crippen LogP contribution >= 0.6 is 0 Å². The summed E-state index contributed by atoms with van der Waals surface area (Å²) in [5.74, 6) is -5.58. The van der Waals surface area contributed by atoms with E-state index in [1.54, 1.807) is 23.0 Å². The number of aryl methyl sites for hydroxylation is 1. The van der Waals surface area contributed by atoms with Crippen molar-refractivity contribution < 1.29 is 48.0 Å². The van der Waals surface area contributed by atoms with Gasteiger partial charge in [-0.1, -0.05) is 6.07 Å². The van der Waals surface area contributed by atoms with E-state index in [2.05, 4.69) is 15.7 Å². The number of nitrogens with zero attached hydrogens (tertiary/aromatic N) is 2. The molecule has 4 rings (SSSR count). The molecular formula is C24H26F2N4O8. The third-order valence-corrected chi connectivity index (χ3v) is 5.92. The Morgan fingerprint density at radius 1 is 1.11 bits per heavy atom. The van der Waals surface area contributed by atoms with E-state index in [1.165, 1.54) is 12.3 Å². The summed E-state index contributed by atoms with van der Waals surface area (Å²) < 4.78 is 34.1. The number of halogens is 2. The number of aliphatic carboxylic acids is 2. The summed E-state index contributed by atoms with van der Waals surface area (Å²) in [6.07, 6.45) is -0.649. The fraction of sp³-hybridized carbons (Fsp3) is 0.333. The number of piperidine rings is 1. The minimum Gasteiger partial charge on any atom is -0.479 e. The molecule has 1 saturated heterocycles. The Kier molecular flexibility index (Phi) is 9.28. The van der Waals surface area contributed by atoms with Crippen molar-refractivity contribution in [3.63, 3.8) is 0 Å². The first-order valence-electron chi connectivity index (χ1n) is 11.3. The number of carbonyl (C=O) groups excluding carboxylic acids is 1. The highest BCUT2D eigenvalue weighted by Gasteiger charge is 2.30. The van der Waals surface area contributed by atoms with Crippen molar-refractivity contribution >= 4 is 17.8 Å². The number of benzene rings is 1. The van der Waals surface area contributed by atoms with Gasteiger partial charge in [0, 0.05) is 37.3 Å². The molecule has 0 aliphatic carbocycles. The van der Waals surface area contributed by atoms with Gasteiger partial charge in [0.15, 0.2) is 29.6 Å². The van der Waals surface area contributed by atoms with Gasteiger partial charge in [-0.15, -0.1) is 0 Å². The molecule has 0 saturated carbocycles.